The van der Waals surface area contributed by atoms with E-state index >= 15 is 0 Å². The van der Waals surface area contributed by atoms with Gasteiger partial charge in [-0.05, 0) is 278 Å². The lowest BCUT2D eigenvalue weighted by molar-refractivity contribution is 0.323. The van der Waals surface area contributed by atoms with Crippen LogP contribution in [0.15, 0.2) is 214 Å². The Bertz CT molecular complexity index is 7670. The molecule has 16 aromatic rings. The van der Waals surface area contributed by atoms with Crippen molar-refractivity contribution in [2.75, 3.05) is 34.4 Å². The minimum atomic E-state index is -0.0928. The van der Waals surface area contributed by atoms with Gasteiger partial charge >= 0.3 is 0 Å². The summed E-state index contributed by atoms with van der Waals surface area (Å²) >= 11 is 27.2. The van der Waals surface area contributed by atoms with E-state index in [0.29, 0.717) is 135 Å². The fraction of sp³-hybridized carbons (Fsp3) is 0.379. The van der Waals surface area contributed by atoms with Crippen LogP contribution in [0.25, 0.3) is 134 Å². The van der Waals surface area contributed by atoms with Crippen LogP contribution in [-0.4, -0.2) is 127 Å². The van der Waals surface area contributed by atoms with Gasteiger partial charge in [-0.15, -0.1) is 0 Å². The van der Waals surface area contributed by atoms with Gasteiger partial charge in [-0.2, -0.15) is 19.9 Å². The molecule has 12 heterocycles. The Morgan fingerprint density at radius 1 is 0.304 bits per heavy atom. The van der Waals surface area contributed by atoms with E-state index in [4.69, 9.17) is 89.3 Å². The van der Waals surface area contributed by atoms with Crippen LogP contribution in [0.5, 0.6) is 0 Å². The van der Waals surface area contributed by atoms with E-state index in [1.807, 2.05) is 228 Å². The fourth-order valence-electron chi connectivity index (χ4n) is 21.3. The number of nitrogens with one attached hydrogen (secondary N) is 4. The predicted molar refractivity (Wildman–Crippen MR) is 598 cm³/mol. The Morgan fingerprint density at radius 3 is 0.824 bits per heavy atom. The highest BCUT2D eigenvalue weighted by molar-refractivity contribution is 6.35. The minimum Gasteiger partial charge on any atom is -0.354 e. The maximum Gasteiger partial charge on any atom is 0.260 e. The lowest BCUT2D eigenvalue weighted by atomic mass is 9.91. The van der Waals surface area contributed by atoms with Crippen molar-refractivity contribution < 1.29 is 0 Å². The SMILES string of the molecule is Cc1cccc(-c2ccc(-c3cc4cnc(NC5CC5)nc4n(C4CCC(N)CC4)c3=O)c(Cl)c2)n1.Cc1cccc(-c2ccc(-c3cc4cnc(NC5CCCC5)nc4n(C4CCC(N)CC4)c3=O)c(Cl)c2)n1.Cc1cccc(-c2ccc(-c3cc4cnc(NCC(C)C)nc4n(C4CCC(N)CC4)c3=O)c(Cl)c2)n1.Cc1cccc(-c2ccc(-c3cc4cnc(NCC5CC5)nc4n(C4CCC(N)CC4)c3=O)c(Cl)c2)n1. The highest BCUT2D eigenvalue weighted by Crippen LogP contribution is 2.43. The molecule has 12 aromatic heterocycles. The van der Waals surface area contributed by atoms with E-state index in [-0.39, 0.29) is 70.6 Å². The van der Waals surface area contributed by atoms with Crippen LogP contribution in [-0.2, 0) is 0 Å². The second-order valence-corrected chi connectivity index (χ2v) is 43.3. The number of anilines is 4. The number of hydrogen-bond acceptors (Lipinski definition) is 24. The molecule has 28 nitrogen and oxygen atoms in total. The zero-order valence-electron chi connectivity index (χ0n) is 84.4. The Labute approximate surface area is 880 Å². The topological polar surface area (TPSA) is 395 Å². The zero-order valence-corrected chi connectivity index (χ0v) is 87.4. The molecule has 0 amide bonds. The molecule has 4 aromatic carbocycles. The Balaban J connectivity index is 0.000000120. The van der Waals surface area contributed by atoms with Crippen molar-refractivity contribution in [2.24, 2.45) is 34.8 Å². The predicted octanol–water partition coefficient (Wildman–Crippen LogP) is 23.5. The highest BCUT2D eigenvalue weighted by Gasteiger charge is 2.34. The van der Waals surface area contributed by atoms with Crippen molar-refractivity contribution in [3.05, 3.63) is 279 Å². The number of halogens is 4. The molecule has 0 spiro atoms. The van der Waals surface area contributed by atoms with Gasteiger partial charge in [0.15, 0.2) is 0 Å². The van der Waals surface area contributed by atoms with Gasteiger partial charge in [-0.1, -0.05) is 146 Å². The summed E-state index contributed by atoms with van der Waals surface area (Å²) in [6.45, 7) is 13.7. The van der Waals surface area contributed by atoms with Crippen molar-refractivity contribution in [1.82, 2.24) is 78.1 Å². The number of nitrogens with two attached hydrogens (primary N) is 4. The monoisotopic (exact) mass is 2060 g/mol. The Kier molecular flexibility index (Phi) is 31.1. The van der Waals surface area contributed by atoms with Crippen LogP contribution in [0.3, 0.4) is 0 Å². The molecule has 7 aliphatic rings. The lowest BCUT2D eigenvalue weighted by Gasteiger charge is -2.29. The second-order valence-electron chi connectivity index (χ2n) is 41.7. The molecule has 7 aliphatic carbocycles. The summed E-state index contributed by atoms with van der Waals surface area (Å²) in [6, 6.07) is 55.8. The molecule has 7 saturated carbocycles. The first-order chi connectivity index (χ1) is 71.7. The maximum absolute atomic E-state index is 14.2. The van der Waals surface area contributed by atoms with Crippen LogP contribution in [0.1, 0.15) is 215 Å². The molecule has 0 saturated heterocycles. The van der Waals surface area contributed by atoms with Crippen LogP contribution >= 0.6 is 46.4 Å². The van der Waals surface area contributed by atoms with E-state index in [1.165, 1.54) is 25.7 Å². The zero-order chi connectivity index (χ0) is 103. The third kappa shape index (κ3) is 23.4. The highest BCUT2D eigenvalue weighted by atomic mass is 35.5. The molecule has 0 unspecified atom stereocenters. The summed E-state index contributed by atoms with van der Waals surface area (Å²) in [4.78, 5) is 112. The van der Waals surface area contributed by atoms with Gasteiger partial charge in [0.1, 0.15) is 22.6 Å². The number of aryl methyl sites for hydroxylation is 4. The number of hydrogen-bond donors (Lipinski definition) is 8. The molecule has 0 aliphatic heterocycles. The van der Waals surface area contributed by atoms with Gasteiger partial charge in [-0.25, -0.2) is 19.9 Å². The lowest BCUT2D eigenvalue weighted by Crippen LogP contribution is -2.33. The van der Waals surface area contributed by atoms with Crippen LogP contribution in [0, 0.1) is 39.5 Å². The van der Waals surface area contributed by atoms with Gasteiger partial charge in [-0.3, -0.25) is 57.4 Å². The molecule has 23 rings (SSSR count). The first-order valence-electron chi connectivity index (χ1n) is 52.4. The Morgan fingerprint density at radius 2 is 0.568 bits per heavy atom. The normalized spacial score (nSPS) is 19.5. The number of fused-ring (bicyclic) bond motifs is 4. The standard InChI is InChI=1S/C30H33ClN6O.C29H31ClN6O.C29H33ClN6O.C28H29ClN6O/c1-18-5-4-8-27(34-18)19-9-14-24(26(31)16-19)25-15-20-17-33-30(35-22-6-2-3-7-22)36-28(20)37(29(25)38)23-12-10-21(32)11-13-23;1-17-3-2-4-26(34-17)19-7-12-23(25(30)14-19)24-13-20-16-33-29(32-15-18-5-6-18)35-27(20)36(28(24)37)22-10-8-21(31)9-11-22;1-17(2)15-32-29-33-16-20-13-24(28(37)36(27(20)35-29)22-10-8-21(31)9-11-22)23-12-7-19(14-25(23)30)26-6-4-5-18(3)34-26;1-16-3-2-4-25(32-16)17-5-12-22(24(29)14-17)23-13-18-15-31-28(33-20-8-9-20)34-26(18)35(27(23)36)21-10-6-19(30)7-11-21/h4-5,8-9,14-17,21-23H,2-3,6-7,10-13,32H2,1H3,(H,33,35,36);2-4,7,12-14,16,18,21-22H,5-6,8-11,15,31H2,1H3,(H,32,33,35);4-7,12-14,16-17,21-22H,8-11,15,31H2,1-3H3,(H,32,33,35);2-5,12-15,19-21H,6-11,30H2,1H3,(H,31,33,34). The molecule has 7 fully saturated rings. The summed E-state index contributed by atoms with van der Waals surface area (Å²) in [7, 11) is 0. The van der Waals surface area contributed by atoms with Crippen LogP contribution < -0.4 is 66.4 Å². The molecule has 0 radical (unpaired) electrons. The molecule has 762 valence electrons. The van der Waals surface area contributed by atoms with Crippen molar-refractivity contribution in [3.63, 3.8) is 0 Å². The number of rotatable bonds is 22. The number of nitrogens with zero attached hydrogens (tertiary/aromatic N) is 16. The van der Waals surface area contributed by atoms with Gasteiger partial charge in [0.2, 0.25) is 23.8 Å². The summed E-state index contributed by atoms with van der Waals surface area (Å²) < 4.78 is 7.46. The third-order valence-electron chi connectivity index (χ3n) is 29.8. The van der Waals surface area contributed by atoms with E-state index in [9.17, 15) is 19.2 Å². The number of aromatic nitrogens is 16. The van der Waals surface area contributed by atoms with Crippen LogP contribution in [0.4, 0.5) is 23.8 Å². The largest absolute Gasteiger partial charge is 0.354 e. The van der Waals surface area contributed by atoms with E-state index in [2.05, 4.69) is 75.0 Å². The van der Waals surface area contributed by atoms with E-state index in [0.717, 1.165) is 231 Å². The molecule has 148 heavy (non-hydrogen) atoms. The summed E-state index contributed by atoms with van der Waals surface area (Å²) in [5.41, 5.74) is 42.9. The number of benzene rings is 4. The van der Waals surface area contributed by atoms with Gasteiger partial charge in [0.05, 0.1) is 22.8 Å². The van der Waals surface area contributed by atoms with Gasteiger partial charge in [0.25, 0.3) is 22.2 Å². The van der Waals surface area contributed by atoms with Gasteiger partial charge < -0.3 is 44.2 Å². The van der Waals surface area contributed by atoms with Crippen LogP contribution in [0.2, 0.25) is 20.1 Å². The molecule has 32 heteroatoms. The van der Waals surface area contributed by atoms with Crippen molar-refractivity contribution in [2.45, 2.75) is 256 Å². The molecule has 0 bridgehead atoms. The quantitative estimate of drug-likeness (QED) is 0.0312. The molecule has 12 N–H and O–H groups in total. The van der Waals surface area contributed by atoms with Crippen molar-refractivity contribution in [3.8, 4) is 89.5 Å². The van der Waals surface area contributed by atoms with E-state index in [1.54, 1.807) is 12.4 Å². The van der Waals surface area contributed by atoms with E-state index < -0.39 is 0 Å². The Hall–Kier alpha value is -13.2. The molecular weight excluding hydrogens is 1940 g/mol. The average molecular weight is 2060 g/mol. The van der Waals surface area contributed by atoms with Gasteiger partial charge in [0, 0.05) is 229 Å². The first kappa shape index (κ1) is 102. The van der Waals surface area contributed by atoms with Crippen molar-refractivity contribution >= 4 is 114 Å². The average Bonchev–Trinajstić information content (AvgIpc) is 0.954. The summed E-state index contributed by atoms with van der Waals surface area (Å²) in [5, 5.41) is 18.8. The summed E-state index contributed by atoms with van der Waals surface area (Å²) in [5.74, 6) is 3.41. The second kappa shape index (κ2) is 45.1. The first-order valence-corrected chi connectivity index (χ1v) is 53.9. The smallest absolute Gasteiger partial charge is 0.260 e. The molecular formula is C116H126Cl4N24O4. The fourth-order valence-corrected chi connectivity index (χ4v) is 22.4. The van der Waals surface area contributed by atoms with Crippen molar-refractivity contribution in [1.29, 1.82) is 0 Å². The third-order valence-corrected chi connectivity index (χ3v) is 31.1. The molecule has 0 atom stereocenters. The maximum atomic E-state index is 14.2. The summed E-state index contributed by atoms with van der Waals surface area (Å²) in [6.07, 6.45) is 30.5. The number of pyridine rings is 8. The minimum absolute atomic E-state index is 0.0251.